The summed E-state index contributed by atoms with van der Waals surface area (Å²) in [6.45, 7) is 3.70. The molecule has 4 atom stereocenters. The molecule has 2 aromatic rings. The predicted molar refractivity (Wildman–Crippen MR) is 118 cm³/mol. The molecule has 10 heteroatoms. The van der Waals surface area contributed by atoms with Gasteiger partial charge in [-0.2, -0.15) is 5.26 Å². The zero-order chi connectivity index (χ0) is 24.0. The molecular weight excluding hydrogens is 448 g/mol. The minimum atomic E-state index is -1.03. The predicted octanol–water partition coefficient (Wildman–Crippen LogP) is 2.87. The lowest BCUT2D eigenvalue weighted by Crippen LogP contribution is -2.55. The molecule has 1 saturated heterocycles. The monoisotopic (exact) mass is 470 g/mol. The van der Waals surface area contributed by atoms with Gasteiger partial charge in [-0.25, -0.2) is 0 Å². The number of thioether (sulfide) groups is 1. The van der Waals surface area contributed by atoms with Gasteiger partial charge in [0.2, 0.25) is 0 Å². The third-order valence-electron chi connectivity index (χ3n) is 4.62. The van der Waals surface area contributed by atoms with Crippen LogP contribution in [0.5, 0.6) is 5.75 Å². The van der Waals surface area contributed by atoms with E-state index in [1.54, 1.807) is 36.5 Å². The van der Waals surface area contributed by atoms with Crippen molar-refractivity contribution >= 4 is 29.7 Å². The largest absolute Gasteiger partial charge is 0.474 e. The second-order valence-electron chi connectivity index (χ2n) is 7.21. The summed E-state index contributed by atoms with van der Waals surface area (Å²) >= 11 is 1.26. The third-order valence-corrected chi connectivity index (χ3v) is 5.83. The van der Waals surface area contributed by atoms with Crippen molar-refractivity contribution in [3.8, 4) is 22.9 Å². The molecule has 1 aliphatic heterocycles. The van der Waals surface area contributed by atoms with Gasteiger partial charge in [0.15, 0.2) is 23.7 Å². The van der Waals surface area contributed by atoms with E-state index in [1.165, 1.54) is 38.7 Å². The molecule has 172 valence electrons. The summed E-state index contributed by atoms with van der Waals surface area (Å²) in [4.78, 5) is 39.2. The molecule has 0 aliphatic carbocycles. The Hall–Kier alpha value is -3.58. The summed E-state index contributed by atoms with van der Waals surface area (Å²) in [7, 11) is 0. The van der Waals surface area contributed by atoms with Gasteiger partial charge in [0.05, 0.1) is 17.8 Å². The molecule has 0 saturated carbocycles. The number of carbonyl (C=O) groups is 3. The second-order valence-corrected chi connectivity index (χ2v) is 8.35. The first kappa shape index (κ1) is 24.1. The Labute approximate surface area is 195 Å². The lowest BCUT2D eigenvalue weighted by atomic mass is 10.1. The van der Waals surface area contributed by atoms with Crippen LogP contribution >= 0.6 is 11.8 Å². The van der Waals surface area contributed by atoms with Crippen LogP contribution in [0.2, 0.25) is 0 Å². The van der Waals surface area contributed by atoms with Gasteiger partial charge in [0, 0.05) is 38.3 Å². The van der Waals surface area contributed by atoms with Gasteiger partial charge >= 0.3 is 17.9 Å². The molecule has 0 unspecified atom stereocenters. The van der Waals surface area contributed by atoms with E-state index in [9.17, 15) is 14.4 Å². The first-order valence-corrected chi connectivity index (χ1v) is 11.1. The van der Waals surface area contributed by atoms with Crippen molar-refractivity contribution in [3.63, 3.8) is 0 Å². The fourth-order valence-corrected chi connectivity index (χ4v) is 4.54. The van der Waals surface area contributed by atoms with Crippen LogP contribution in [-0.4, -0.2) is 52.4 Å². The molecule has 3 rings (SSSR count). The molecule has 0 radical (unpaired) electrons. The third kappa shape index (κ3) is 6.46. The molecule has 33 heavy (non-hydrogen) atoms. The molecule has 0 N–H and O–H groups in total. The highest BCUT2D eigenvalue weighted by Gasteiger charge is 2.47. The Morgan fingerprint density at radius 2 is 1.58 bits per heavy atom. The molecular formula is C23H22N2O7S. The Kier molecular flexibility index (Phi) is 7.90. The zero-order valence-corrected chi connectivity index (χ0v) is 19.0. The van der Waals surface area contributed by atoms with Crippen molar-refractivity contribution in [2.45, 2.75) is 44.5 Å². The summed E-state index contributed by atoms with van der Waals surface area (Å²) in [5.74, 6) is -1.08. The fraction of sp³-hybridized carbons (Fsp3) is 0.348. The molecule has 0 amide bonds. The van der Waals surface area contributed by atoms with Crippen molar-refractivity contribution in [1.82, 2.24) is 4.98 Å². The summed E-state index contributed by atoms with van der Waals surface area (Å²) in [5, 5.41) is 8.98. The van der Waals surface area contributed by atoms with E-state index in [0.29, 0.717) is 11.3 Å². The Bertz CT molecular complexity index is 1070. The van der Waals surface area contributed by atoms with Crippen LogP contribution in [0.1, 0.15) is 26.3 Å². The molecule has 1 aliphatic rings. The van der Waals surface area contributed by atoms with Gasteiger partial charge in [-0.05, 0) is 23.8 Å². The highest BCUT2D eigenvalue weighted by Crippen LogP contribution is 2.35. The molecule has 9 nitrogen and oxygen atoms in total. The minimum absolute atomic E-state index is 0.267. The van der Waals surface area contributed by atoms with Crippen molar-refractivity contribution in [2.75, 3.05) is 5.75 Å². The number of hydrogen-bond donors (Lipinski definition) is 0. The highest BCUT2D eigenvalue weighted by atomic mass is 32.2. The summed E-state index contributed by atoms with van der Waals surface area (Å²) in [6.07, 6.45) is 0.315. The normalized spacial score (nSPS) is 21.9. The van der Waals surface area contributed by atoms with Gasteiger partial charge < -0.3 is 18.9 Å². The quantitative estimate of drug-likeness (QED) is 0.459. The van der Waals surface area contributed by atoms with E-state index >= 15 is 0 Å². The van der Waals surface area contributed by atoms with E-state index < -0.39 is 41.7 Å². The van der Waals surface area contributed by atoms with Gasteiger partial charge in [0.25, 0.3) is 0 Å². The first-order valence-electron chi connectivity index (χ1n) is 10.0. The Balaban J connectivity index is 1.86. The van der Waals surface area contributed by atoms with Crippen molar-refractivity contribution in [3.05, 3.63) is 48.3 Å². The average Bonchev–Trinajstić information content (AvgIpc) is 2.77. The lowest BCUT2D eigenvalue weighted by molar-refractivity contribution is -0.186. The second kappa shape index (κ2) is 10.8. The molecule has 0 spiro atoms. The molecule has 1 aromatic carbocycles. The smallest absolute Gasteiger partial charge is 0.303 e. The Morgan fingerprint density at radius 3 is 2.18 bits per heavy atom. The minimum Gasteiger partial charge on any atom is -0.474 e. The van der Waals surface area contributed by atoms with Crippen LogP contribution in [0, 0.1) is 11.3 Å². The van der Waals surface area contributed by atoms with Crippen LogP contribution in [-0.2, 0) is 28.6 Å². The first-order chi connectivity index (χ1) is 15.8. The number of pyridine rings is 1. The number of carbonyl (C=O) groups excluding carboxylic acids is 3. The number of rotatable bonds is 6. The van der Waals surface area contributed by atoms with E-state index in [-0.39, 0.29) is 5.75 Å². The fourth-order valence-electron chi connectivity index (χ4n) is 3.32. The zero-order valence-electron chi connectivity index (χ0n) is 18.2. The van der Waals surface area contributed by atoms with Crippen LogP contribution in [0.3, 0.4) is 0 Å². The highest BCUT2D eigenvalue weighted by molar-refractivity contribution is 7.99. The molecule has 0 bridgehead atoms. The average molecular weight is 471 g/mol. The van der Waals surface area contributed by atoms with Crippen LogP contribution < -0.4 is 4.74 Å². The number of aromatic nitrogens is 1. The van der Waals surface area contributed by atoms with E-state index in [2.05, 4.69) is 11.1 Å². The topological polar surface area (TPSA) is 125 Å². The van der Waals surface area contributed by atoms with Gasteiger partial charge in [-0.15, -0.1) is 11.8 Å². The van der Waals surface area contributed by atoms with Crippen LogP contribution in [0.25, 0.3) is 11.1 Å². The molecule has 1 aromatic heterocycles. The van der Waals surface area contributed by atoms with E-state index in [4.69, 9.17) is 24.2 Å². The lowest BCUT2D eigenvalue weighted by Gasteiger charge is -2.39. The standard InChI is InChI=1S/C23H22N2O7S/c1-13(26)29-20-12-33-23(22(31-15(3)28)21(20)30-14(2)27)32-19-8-18(10-25-11-19)17-6-4-16(9-24)5-7-17/h4-8,10-11,20-23H,12H2,1-3H3/t20-,21+,22-,23+/m1/s1. The number of nitrogens with zero attached hydrogens (tertiary/aromatic N) is 2. The maximum Gasteiger partial charge on any atom is 0.303 e. The Morgan fingerprint density at radius 1 is 0.939 bits per heavy atom. The van der Waals surface area contributed by atoms with Crippen molar-refractivity contribution in [2.24, 2.45) is 0 Å². The van der Waals surface area contributed by atoms with Crippen molar-refractivity contribution in [1.29, 1.82) is 5.26 Å². The van der Waals surface area contributed by atoms with Gasteiger partial charge in [0.1, 0.15) is 5.75 Å². The maximum atomic E-state index is 11.8. The van der Waals surface area contributed by atoms with E-state index in [0.717, 1.165) is 11.1 Å². The summed E-state index contributed by atoms with van der Waals surface area (Å²) in [6, 6.07) is 10.8. The van der Waals surface area contributed by atoms with E-state index in [1.807, 2.05) is 0 Å². The molecule has 2 heterocycles. The SMILES string of the molecule is CC(=O)O[C@@H]1[C@@H](OC(C)=O)[C@@H](Oc2cncc(-c3ccc(C#N)cc3)c2)SC[C@H]1OC(C)=O. The van der Waals surface area contributed by atoms with Gasteiger partial charge in [-0.3, -0.25) is 19.4 Å². The maximum absolute atomic E-state index is 11.8. The van der Waals surface area contributed by atoms with Gasteiger partial charge in [-0.1, -0.05) is 12.1 Å². The van der Waals surface area contributed by atoms with Crippen LogP contribution in [0.4, 0.5) is 0 Å². The van der Waals surface area contributed by atoms with Crippen LogP contribution in [0.15, 0.2) is 42.7 Å². The number of nitriles is 1. The number of benzene rings is 1. The molecule has 1 fully saturated rings. The van der Waals surface area contributed by atoms with Crippen molar-refractivity contribution < 1.29 is 33.3 Å². The summed E-state index contributed by atoms with van der Waals surface area (Å²) < 4.78 is 22.2. The number of esters is 3. The number of ether oxygens (including phenoxy) is 4. The summed E-state index contributed by atoms with van der Waals surface area (Å²) in [5.41, 5.74) is 1.40. The number of hydrogen-bond acceptors (Lipinski definition) is 10.